The number of thiocarbonyl (C=S) groups is 1. The van der Waals surface area contributed by atoms with Crippen molar-refractivity contribution < 1.29 is 23.9 Å². The van der Waals surface area contributed by atoms with Crippen LogP contribution in [0.15, 0.2) is 60.2 Å². The second kappa shape index (κ2) is 8.66. The number of ketones is 1. The predicted octanol–water partition coefficient (Wildman–Crippen LogP) is 2.15. The van der Waals surface area contributed by atoms with Crippen molar-refractivity contribution in [2.45, 2.75) is 6.04 Å². The molecule has 148 valence electrons. The van der Waals surface area contributed by atoms with Crippen molar-refractivity contribution in [3.63, 3.8) is 0 Å². The number of Topliss-reactive ketones (excluding diaryl/α,β-unsaturated/α-hetero) is 1. The average Bonchev–Trinajstić information content (AvgIpc) is 2.77. The van der Waals surface area contributed by atoms with Crippen molar-refractivity contribution in [3.05, 3.63) is 76.9 Å². The lowest BCUT2D eigenvalue weighted by Gasteiger charge is -2.31. The second-order valence-corrected chi connectivity index (χ2v) is 6.53. The third-order valence-corrected chi connectivity index (χ3v) is 4.63. The molecule has 2 N–H and O–H groups in total. The molecular weight excluding hydrogens is 392 g/mol. The van der Waals surface area contributed by atoms with E-state index < -0.39 is 23.8 Å². The summed E-state index contributed by atoms with van der Waals surface area (Å²) in [6, 6.07) is 14.9. The maximum absolute atomic E-state index is 12.9. The van der Waals surface area contributed by atoms with E-state index in [4.69, 9.17) is 17.0 Å². The van der Waals surface area contributed by atoms with Gasteiger partial charge in [-0.2, -0.15) is 0 Å². The summed E-state index contributed by atoms with van der Waals surface area (Å²) in [7, 11) is 2.45. The Balaban J connectivity index is 2.15. The second-order valence-electron chi connectivity index (χ2n) is 6.12. The van der Waals surface area contributed by atoms with Gasteiger partial charge in [0.25, 0.3) is 5.78 Å². The molecule has 0 bridgehead atoms. The minimum atomic E-state index is -0.985. The standard InChI is InChI=1S/C21H18N2O5S/c1-27-19(25)14-10-8-13(9-11-14)17-15(18(24)20(26)28-2)16(22-21(29)23-17)12-6-4-3-5-7-12/h3-11,17H,1-2H3,(H2,22,23,29)/t17-/m0/s1. The van der Waals surface area contributed by atoms with E-state index in [0.717, 1.165) is 7.11 Å². The Morgan fingerprint density at radius 3 is 2.17 bits per heavy atom. The number of esters is 2. The van der Waals surface area contributed by atoms with Gasteiger partial charge in [0.1, 0.15) is 0 Å². The number of hydrogen-bond acceptors (Lipinski definition) is 6. The van der Waals surface area contributed by atoms with Gasteiger partial charge in [-0.15, -0.1) is 0 Å². The van der Waals surface area contributed by atoms with Crippen LogP contribution in [-0.4, -0.2) is 37.1 Å². The van der Waals surface area contributed by atoms with Crippen LogP contribution in [0.1, 0.15) is 27.5 Å². The normalized spacial score (nSPS) is 15.8. The molecule has 29 heavy (non-hydrogen) atoms. The molecule has 0 unspecified atom stereocenters. The Kier molecular flexibility index (Phi) is 6.04. The van der Waals surface area contributed by atoms with Gasteiger partial charge in [0.2, 0.25) is 0 Å². The zero-order valence-corrected chi connectivity index (χ0v) is 16.5. The van der Waals surface area contributed by atoms with Crippen molar-refractivity contribution in [1.29, 1.82) is 0 Å². The van der Waals surface area contributed by atoms with Crippen LogP contribution in [0.3, 0.4) is 0 Å². The van der Waals surface area contributed by atoms with Gasteiger partial charge in [-0.1, -0.05) is 42.5 Å². The third-order valence-electron chi connectivity index (χ3n) is 4.41. The fourth-order valence-corrected chi connectivity index (χ4v) is 3.24. The Bertz CT molecular complexity index is 999. The monoisotopic (exact) mass is 410 g/mol. The first-order valence-corrected chi connectivity index (χ1v) is 9.05. The molecule has 0 saturated heterocycles. The van der Waals surface area contributed by atoms with Gasteiger partial charge in [0.15, 0.2) is 5.11 Å². The van der Waals surface area contributed by atoms with Gasteiger partial charge in [-0.05, 0) is 35.5 Å². The molecule has 0 fully saturated rings. The van der Waals surface area contributed by atoms with Crippen molar-refractivity contribution in [1.82, 2.24) is 10.6 Å². The fourth-order valence-electron chi connectivity index (χ4n) is 3.02. The molecule has 2 aromatic rings. The van der Waals surface area contributed by atoms with E-state index in [1.54, 1.807) is 36.4 Å². The fraction of sp³-hybridized carbons (Fsp3) is 0.143. The van der Waals surface area contributed by atoms with Crippen LogP contribution in [0.4, 0.5) is 0 Å². The van der Waals surface area contributed by atoms with E-state index in [1.165, 1.54) is 7.11 Å². The highest BCUT2D eigenvalue weighted by molar-refractivity contribution is 7.80. The maximum atomic E-state index is 12.9. The number of methoxy groups -OCH3 is 2. The molecule has 3 rings (SSSR count). The van der Waals surface area contributed by atoms with Gasteiger partial charge in [-0.25, -0.2) is 9.59 Å². The minimum Gasteiger partial charge on any atom is -0.465 e. The molecule has 2 aromatic carbocycles. The summed E-state index contributed by atoms with van der Waals surface area (Å²) in [4.78, 5) is 36.7. The Labute approximate surface area is 172 Å². The van der Waals surface area contributed by atoms with Crippen LogP contribution in [0, 0.1) is 0 Å². The van der Waals surface area contributed by atoms with E-state index in [9.17, 15) is 14.4 Å². The van der Waals surface area contributed by atoms with E-state index >= 15 is 0 Å². The van der Waals surface area contributed by atoms with Crippen molar-refractivity contribution in [2.75, 3.05) is 14.2 Å². The van der Waals surface area contributed by atoms with Gasteiger partial charge in [0.05, 0.1) is 37.1 Å². The zero-order valence-electron chi connectivity index (χ0n) is 15.7. The van der Waals surface area contributed by atoms with E-state index in [1.807, 2.05) is 18.2 Å². The lowest BCUT2D eigenvalue weighted by Crippen LogP contribution is -2.46. The average molecular weight is 410 g/mol. The van der Waals surface area contributed by atoms with Crippen LogP contribution in [-0.2, 0) is 19.1 Å². The first kappa shape index (κ1) is 20.2. The van der Waals surface area contributed by atoms with Gasteiger partial charge in [-0.3, -0.25) is 4.79 Å². The molecule has 1 aliphatic rings. The van der Waals surface area contributed by atoms with E-state index in [2.05, 4.69) is 15.4 Å². The molecule has 0 aromatic heterocycles. The summed E-state index contributed by atoms with van der Waals surface area (Å²) in [6.45, 7) is 0. The summed E-state index contributed by atoms with van der Waals surface area (Å²) in [6.07, 6.45) is 0. The van der Waals surface area contributed by atoms with Crippen LogP contribution in [0.25, 0.3) is 5.70 Å². The smallest absolute Gasteiger partial charge is 0.379 e. The number of carbonyl (C=O) groups is 3. The van der Waals surface area contributed by atoms with Crippen LogP contribution < -0.4 is 10.6 Å². The summed E-state index contributed by atoms with van der Waals surface area (Å²) >= 11 is 5.32. The molecule has 0 amide bonds. The molecular formula is C21H18N2O5S. The minimum absolute atomic E-state index is 0.169. The number of hydrogen-bond donors (Lipinski definition) is 2. The van der Waals surface area contributed by atoms with Crippen molar-refractivity contribution >= 4 is 40.7 Å². The first-order valence-electron chi connectivity index (χ1n) is 8.64. The lowest BCUT2D eigenvalue weighted by atomic mass is 9.89. The maximum Gasteiger partial charge on any atom is 0.379 e. The molecule has 1 atom stereocenters. The number of ether oxygens (including phenoxy) is 2. The summed E-state index contributed by atoms with van der Waals surface area (Å²) < 4.78 is 9.36. The lowest BCUT2D eigenvalue weighted by molar-refractivity contribution is -0.150. The molecule has 0 saturated carbocycles. The molecule has 1 aliphatic heterocycles. The topological polar surface area (TPSA) is 93.7 Å². The summed E-state index contributed by atoms with van der Waals surface area (Å²) in [5.74, 6) is -2.26. The molecule has 0 aliphatic carbocycles. The van der Waals surface area contributed by atoms with Crippen molar-refractivity contribution in [3.8, 4) is 0 Å². The molecule has 0 radical (unpaired) electrons. The highest BCUT2D eigenvalue weighted by Gasteiger charge is 2.35. The molecule has 1 heterocycles. The largest absolute Gasteiger partial charge is 0.465 e. The summed E-state index contributed by atoms with van der Waals surface area (Å²) in [5.41, 5.74) is 2.29. The SMILES string of the molecule is COC(=O)C(=O)C1=C(c2ccccc2)NC(=S)N[C@H]1c1ccc(C(=O)OC)cc1. The van der Waals surface area contributed by atoms with Crippen LogP contribution in [0.5, 0.6) is 0 Å². The van der Waals surface area contributed by atoms with Gasteiger partial charge >= 0.3 is 11.9 Å². The highest BCUT2D eigenvalue weighted by atomic mass is 32.1. The zero-order chi connectivity index (χ0) is 21.0. The number of rotatable bonds is 5. The number of nitrogens with one attached hydrogen (secondary N) is 2. The van der Waals surface area contributed by atoms with Crippen LogP contribution in [0.2, 0.25) is 0 Å². The molecule has 8 heteroatoms. The first-order chi connectivity index (χ1) is 14.0. The molecule has 7 nitrogen and oxygen atoms in total. The Morgan fingerprint density at radius 2 is 1.59 bits per heavy atom. The van der Waals surface area contributed by atoms with Crippen LogP contribution >= 0.6 is 12.2 Å². The van der Waals surface area contributed by atoms with E-state index in [0.29, 0.717) is 27.5 Å². The summed E-state index contributed by atoms with van der Waals surface area (Å²) in [5, 5.41) is 6.30. The van der Waals surface area contributed by atoms with Gasteiger partial charge < -0.3 is 20.1 Å². The number of carbonyl (C=O) groups excluding carboxylic acids is 3. The molecule has 0 spiro atoms. The third kappa shape index (κ3) is 4.17. The van der Waals surface area contributed by atoms with Gasteiger partial charge in [0, 0.05) is 0 Å². The predicted molar refractivity (Wildman–Crippen MR) is 110 cm³/mol. The Hall–Kier alpha value is -3.52. The van der Waals surface area contributed by atoms with Crippen molar-refractivity contribution in [2.24, 2.45) is 0 Å². The number of benzene rings is 2. The Morgan fingerprint density at radius 1 is 0.931 bits per heavy atom. The quantitative estimate of drug-likeness (QED) is 0.440. The highest BCUT2D eigenvalue weighted by Crippen LogP contribution is 2.32. The van der Waals surface area contributed by atoms with E-state index in [-0.39, 0.29) is 5.57 Å².